The Hall–Kier alpha value is -3.14. The normalized spacial score (nSPS) is 19.1. The van der Waals surface area contributed by atoms with E-state index >= 15 is 0 Å². The van der Waals surface area contributed by atoms with E-state index in [2.05, 4.69) is 46.8 Å². The summed E-state index contributed by atoms with van der Waals surface area (Å²) in [5.74, 6) is -1.41. The summed E-state index contributed by atoms with van der Waals surface area (Å²) in [6.45, 7) is 11.5. The first-order valence-corrected chi connectivity index (χ1v) is 13.4. The number of ether oxygens (including phenoxy) is 2. The molecule has 0 fully saturated rings. The molecular formula is C33H42O4. The van der Waals surface area contributed by atoms with Crippen LogP contribution in [0.15, 0.2) is 84.0 Å². The van der Waals surface area contributed by atoms with E-state index in [1.807, 2.05) is 60.7 Å². The number of hydrogen-bond acceptors (Lipinski definition) is 4. The molecule has 198 valence electrons. The Morgan fingerprint density at radius 3 is 1.92 bits per heavy atom. The quantitative estimate of drug-likeness (QED) is 0.245. The number of hydrogen-bond donors (Lipinski definition) is 0. The Labute approximate surface area is 222 Å². The van der Waals surface area contributed by atoms with Crippen molar-refractivity contribution in [2.24, 2.45) is 23.2 Å². The van der Waals surface area contributed by atoms with Crippen LogP contribution in [0.2, 0.25) is 0 Å². The highest BCUT2D eigenvalue weighted by molar-refractivity contribution is 5.83. The summed E-state index contributed by atoms with van der Waals surface area (Å²) in [7, 11) is 0. The van der Waals surface area contributed by atoms with Gasteiger partial charge in [0.2, 0.25) is 0 Å². The lowest BCUT2D eigenvalue weighted by Gasteiger charge is -2.31. The first-order valence-electron chi connectivity index (χ1n) is 13.4. The molecule has 3 atom stereocenters. The van der Waals surface area contributed by atoms with Gasteiger partial charge < -0.3 is 9.47 Å². The van der Waals surface area contributed by atoms with Crippen molar-refractivity contribution in [3.63, 3.8) is 0 Å². The lowest BCUT2D eigenvalue weighted by molar-refractivity contribution is -0.162. The fourth-order valence-corrected chi connectivity index (χ4v) is 4.55. The zero-order valence-corrected chi connectivity index (χ0v) is 23.0. The minimum atomic E-state index is -0.540. The van der Waals surface area contributed by atoms with Crippen molar-refractivity contribution in [2.75, 3.05) is 0 Å². The highest BCUT2D eigenvalue weighted by Crippen LogP contribution is 2.37. The molecule has 0 bridgehead atoms. The molecule has 37 heavy (non-hydrogen) atoms. The van der Waals surface area contributed by atoms with Gasteiger partial charge in [-0.05, 0) is 55.1 Å². The topological polar surface area (TPSA) is 52.6 Å². The maximum atomic E-state index is 13.3. The smallest absolute Gasteiger partial charge is 0.310 e. The Kier molecular flexibility index (Phi) is 10.3. The maximum absolute atomic E-state index is 13.3. The molecular weight excluding hydrogens is 460 g/mol. The summed E-state index contributed by atoms with van der Waals surface area (Å²) in [4.78, 5) is 26.4. The lowest BCUT2D eigenvalue weighted by Crippen LogP contribution is -2.35. The molecule has 2 aromatic carbocycles. The van der Waals surface area contributed by atoms with Crippen molar-refractivity contribution in [2.45, 2.75) is 73.5 Å². The molecule has 0 aliphatic heterocycles. The molecule has 3 rings (SSSR count). The molecule has 0 spiro atoms. The monoisotopic (exact) mass is 502 g/mol. The standard InChI is InChI=1S/C33H42O4/c1-24(13-12-14-25(2)33(3,4)5)28-19-20-29(31(34)36-22-26-15-8-6-9-16-26)30(21-28)32(35)37-23-27-17-10-7-11-18-27/h6-11,14-19,24,29-30H,12-13,20-23H2,1-5H3/b25-14+. The highest BCUT2D eigenvalue weighted by atomic mass is 16.5. The van der Waals surface area contributed by atoms with Crippen LogP contribution in [0.5, 0.6) is 0 Å². The number of carbonyl (C=O) groups excluding carboxylic acids is 2. The summed E-state index contributed by atoms with van der Waals surface area (Å²) in [5.41, 5.74) is 4.66. The average molecular weight is 503 g/mol. The molecule has 0 aromatic heterocycles. The number of carbonyl (C=O) groups is 2. The van der Waals surface area contributed by atoms with E-state index in [9.17, 15) is 9.59 Å². The van der Waals surface area contributed by atoms with Gasteiger partial charge in [0, 0.05) is 0 Å². The van der Waals surface area contributed by atoms with Crippen LogP contribution >= 0.6 is 0 Å². The van der Waals surface area contributed by atoms with E-state index in [-0.39, 0.29) is 30.6 Å². The van der Waals surface area contributed by atoms with Crippen molar-refractivity contribution in [3.8, 4) is 0 Å². The van der Waals surface area contributed by atoms with Crippen molar-refractivity contribution >= 4 is 11.9 Å². The van der Waals surface area contributed by atoms with Gasteiger partial charge in [-0.25, -0.2) is 0 Å². The molecule has 4 nitrogen and oxygen atoms in total. The summed E-state index contributed by atoms with van der Waals surface area (Å²) < 4.78 is 11.4. The summed E-state index contributed by atoms with van der Waals surface area (Å²) in [6.07, 6.45) is 7.51. The van der Waals surface area contributed by atoms with Gasteiger partial charge in [0.1, 0.15) is 13.2 Å². The van der Waals surface area contributed by atoms with Gasteiger partial charge in [0.25, 0.3) is 0 Å². The van der Waals surface area contributed by atoms with Gasteiger partial charge in [-0.1, -0.05) is 112 Å². The molecule has 1 aliphatic rings. The predicted molar refractivity (Wildman–Crippen MR) is 148 cm³/mol. The molecule has 0 N–H and O–H groups in total. The van der Waals surface area contributed by atoms with Crippen LogP contribution in [-0.4, -0.2) is 11.9 Å². The minimum absolute atomic E-state index is 0.175. The van der Waals surface area contributed by atoms with E-state index in [0.717, 1.165) is 24.0 Å². The summed E-state index contributed by atoms with van der Waals surface area (Å²) in [5, 5.41) is 0. The first kappa shape index (κ1) is 28.4. The third kappa shape index (κ3) is 8.73. The third-order valence-electron chi connectivity index (χ3n) is 7.49. The zero-order chi connectivity index (χ0) is 26.8. The Morgan fingerprint density at radius 2 is 1.41 bits per heavy atom. The van der Waals surface area contributed by atoms with Gasteiger partial charge in [0.05, 0.1) is 11.8 Å². The van der Waals surface area contributed by atoms with Gasteiger partial charge >= 0.3 is 11.9 Å². The van der Waals surface area contributed by atoms with Crippen LogP contribution in [0.25, 0.3) is 0 Å². The van der Waals surface area contributed by atoms with Gasteiger partial charge in [-0.3, -0.25) is 9.59 Å². The van der Waals surface area contributed by atoms with Gasteiger partial charge in [0.15, 0.2) is 0 Å². The van der Waals surface area contributed by atoms with E-state index in [1.54, 1.807) is 0 Å². The second kappa shape index (κ2) is 13.4. The fraction of sp³-hybridized carbons (Fsp3) is 0.455. The molecule has 4 heteroatoms. The maximum Gasteiger partial charge on any atom is 0.310 e. The van der Waals surface area contributed by atoms with Gasteiger partial charge in [-0.2, -0.15) is 0 Å². The minimum Gasteiger partial charge on any atom is -0.461 e. The second-order valence-electron chi connectivity index (χ2n) is 11.2. The highest BCUT2D eigenvalue weighted by Gasteiger charge is 2.39. The van der Waals surface area contributed by atoms with Crippen LogP contribution in [-0.2, 0) is 32.3 Å². The Bertz CT molecular complexity index is 1080. The van der Waals surface area contributed by atoms with Crippen molar-refractivity contribution in [1.29, 1.82) is 0 Å². The summed E-state index contributed by atoms with van der Waals surface area (Å²) in [6, 6.07) is 19.3. The molecule has 0 radical (unpaired) electrons. The first-order chi connectivity index (χ1) is 17.6. The molecule has 1 aliphatic carbocycles. The second-order valence-corrected chi connectivity index (χ2v) is 11.2. The average Bonchev–Trinajstić information content (AvgIpc) is 2.90. The van der Waals surface area contributed by atoms with E-state index in [0.29, 0.717) is 18.8 Å². The Morgan fingerprint density at radius 1 is 0.892 bits per heavy atom. The molecule has 0 amide bonds. The van der Waals surface area contributed by atoms with Crippen LogP contribution in [0, 0.1) is 23.2 Å². The Balaban J connectivity index is 1.68. The van der Waals surface area contributed by atoms with Crippen LogP contribution < -0.4 is 0 Å². The largest absolute Gasteiger partial charge is 0.461 e. The van der Waals surface area contributed by atoms with Crippen molar-refractivity contribution in [1.82, 2.24) is 0 Å². The van der Waals surface area contributed by atoms with Crippen molar-refractivity contribution in [3.05, 3.63) is 95.1 Å². The number of esters is 2. The molecule has 0 saturated heterocycles. The van der Waals surface area contributed by atoms with Crippen LogP contribution in [0.1, 0.15) is 71.4 Å². The molecule has 3 unspecified atom stereocenters. The van der Waals surface area contributed by atoms with Gasteiger partial charge in [-0.15, -0.1) is 0 Å². The van der Waals surface area contributed by atoms with E-state index in [1.165, 1.54) is 11.1 Å². The van der Waals surface area contributed by atoms with Crippen LogP contribution in [0.3, 0.4) is 0 Å². The SMILES string of the molecule is C/C(=C\CCC(C)C1=CCC(C(=O)OCc2ccccc2)C(C(=O)OCc2ccccc2)C1)C(C)(C)C. The molecule has 2 aromatic rings. The zero-order valence-electron chi connectivity index (χ0n) is 23.0. The van der Waals surface area contributed by atoms with E-state index < -0.39 is 11.8 Å². The van der Waals surface area contributed by atoms with Crippen molar-refractivity contribution < 1.29 is 19.1 Å². The fourth-order valence-electron chi connectivity index (χ4n) is 4.55. The predicted octanol–water partition coefficient (Wildman–Crippen LogP) is 7.83. The summed E-state index contributed by atoms with van der Waals surface area (Å²) >= 11 is 0. The number of rotatable bonds is 10. The number of benzene rings is 2. The molecule has 0 saturated carbocycles. The third-order valence-corrected chi connectivity index (χ3v) is 7.49. The number of allylic oxidation sites excluding steroid dienone is 4. The molecule has 0 heterocycles. The lowest BCUT2D eigenvalue weighted by atomic mass is 9.75. The van der Waals surface area contributed by atoms with E-state index in [4.69, 9.17) is 9.47 Å². The van der Waals surface area contributed by atoms with Crippen LogP contribution in [0.4, 0.5) is 0 Å².